The molecule has 1 N–H and O–H groups in total. The average molecular weight is 377 g/mol. The number of methoxy groups -OCH3 is 1. The van der Waals surface area contributed by atoms with E-state index in [-0.39, 0.29) is 16.8 Å². The second-order valence-electron chi connectivity index (χ2n) is 5.98. The Bertz CT molecular complexity index is 862. The van der Waals surface area contributed by atoms with Crippen LogP contribution in [-0.2, 0) is 14.6 Å². The van der Waals surface area contributed by atoms with Crippen molar-refractivity contribution in [3.8, 4) is 11.5 Å². The van der Waals surface area contributed by atoms with Gasteiger partial charge in [-0.1, -0.05) is 24.3 Å². The molecule has 0 aromatic heterocycles. The van der Waals surface area contributed by atoms with Crippen LogP contribution in [0.1, 0.15) is 25.5 Å². The maximum absolute atomic E-state index is 12.4. The lowest BCUT2D eigenvalue weighted by Gasteiger charge is -2.20. The van der Waals surface area contributed by atoms with Gasteiger partial charge in [0.25, 0.3) is 5.91 Å². The number of carbonyl (C=O) groups excluding carboxylic acids is 1. The zero-order valence-electron chi connectivity index (χ0n) is 15.2. The summed E-state index contributed by atoms with van der Waals surface area (Å²) < 4.78 is 33.9. The molecule has 1 amide bonds. The van der Waals surface area contributed by atoms with Crippen molar-refractivity contribution < 1.29 is 22.7 Å². The summed E-state index contributed by atoms with van der Waals surface area (Å²) in [6.07, 6.45) is 0.438. The first kappa shape index (κ1) is 19.8. The minimum Gasteiger partial charge on any atom is -0.493 e. The molecule has 2 rings (SSSR count). The van der Waals surface area contributed by atoms with Crippen molar-refractivity contribution in [2.45, 2.75) is 30.9 Å². The van der Waals surface area contributed by atoms with Gasteiger partial charge in [-0.15, -0.1) is 0 Å². The van der Waals surface area contributed by atoms with Gasteiger partial charge in [-0.2, -0.15) is 0 Å². The predicted molar refractivity (Wildman–Crippen MR) is 99.2 cm³/mol. The van der Waals surface area contributed by atoms with E-state index in [1.165, 1.54) is 19.2 Å². The number of rotatable bonds is 7. The van der Waals surface area contributed by atoms with Crippen LogP contribution in [0.15, 0.2) is 53.4 Å². The molecule has 0 radical (unpaired) electrons. The lowest BCUT2D eigenvalue weighted by Crippen LogP contribution is -2.37. The first-order valence-corrected chi connectivity index (χ1v) is 10.0. The standard InChI is InChI=1S/C19H23NO5S/c1-13(15-9-11-16(12-10-15)26(4,22)23)20-19(21)14(2)25-18-8-6-5-7-17(18)24-3/h5-14H,1-4H3,(H,20,21)/t13-,14+/m1/s1. The smallest absolute Gasteiger partial charge is 0.261 e. The molecule has 0 heterocycles. The molecule has 7 heteroatoms. The summed E-state index contributed by atoms with van der Waals surface area (Å²) in [6, 6.07) is 13.2. The molecule has 26 heavy (non-hydrogen) atoms. The van der Waals surface area contributed by atoms with Crippen LogP contribution in [0.3, 0.4) is 0 Å². The van der Waals surface area contributed by atoms with E-state index < -0.39 is 15.9 Å². The van der Waals surface area contributed by atoms with Crippen LogP contribution in [0.2, 0.25) is 0 Å². The molecular weight excluding hydrogens is 354 g/mol. The molecule has 0 aliphatic heterocycles. The van der Waals surface area contributed by atoms with Crippen LogP contribution in [0, 0.1) is 0 Å². The fraction of sp³-hybridized carbons (Fsp3) is 0.316. The van der Waals surface area contributed by atoms with E-state index >= 15 is 0 Å². The second-order valence-corrected chi connectivity index (χ2v) is 8.00. The molecule has 0 fully saturated rings. The predicted octanol–water partition coefficient (Wildman–Crippen LogP) is 2.74. The van der Waals surface area contributed by atoms with Gasteiger partial charge in [0, 0.05) is 6.26 Å². The Labute approximate surface area is 154 Å². The van der Waals surface area contributed by atoms with Gasteiger partial charge in [0.05, 0.1) is 18.0 Å². The average Bonchev–Trinajstić information content (AvgIpc) is 2.61. The van der Waals surface area contributed by atoms with E-state index in [1.54, 1.807) is 37.3 Å². The first-order chi connectivity index (χ1) is 12.2. The van der Waals surface area contributed by atoms with Crippen molar-refractivity contribution in [3.63, 3.8) is 0 Å². The SMILES string of the molecule is COc1ccccc1O[C@@H](C)C(=O)N[C@H](C)c1ccc(S(C)(=O)=O)cc1. The maximum atomic E-state index is 12.4. The van der Waals surface area contributed by atoms with Gasteiger partial charge in [0.1, 0.15) is 0 Å². The number of ether oxygens (including phenoxy) is 2. The number of amides is 1. The summed E-state index contributed by atoms with van der Waals surface area (Å²) >= 11 is 0. The zero-order chi connectivity index (χ0) is 19.3. The highest BCUT2D eigenvalue weighted by molar-refractivity contribution is 7.90. The Morgan fingerprint density at radius 1 is 1.00 bits per heavy atom. The minimum atomic E-state index is -3.24. The third kappa shape index (κ3) is 4.98. The van der Waals surface area contributed by atoms with Crippen LogP contribution in [0.4, 0.5) is 0 Å². The van der Waals surface area contributed by atoms with E-state index in [1.807, 2.05) is 13.0 Å². The van der Waals surface area contributed by atoms with E-state index in [9.17, 15) is 13.2 Å². The van der Waals surface area contributed by atoms with E-state index in [0.717, 1.165) is 11.8 Å². The molecule has 2 aromatic rings. The lowest BCUT2D eigenvalue weighted by atomic mass is 10.1. The molecule has 0 saturated heterocycles. The Balaban J connectivity index is 2.01. The molecule has 0 spiro atoms. The Hall–Kier alpha value is -2.54. The van der Waals surface area contributed by atoms with Gasteiger partial charge >= 0.3 is 0 Å². The fourth-order valence-electron chi connectivity index (χ4n) is 2.38. The van der Waals surface area contributed by atoms with Crippen LogP contribution >= 0.6 is 0 Å². The zero-order valence-corrected chi connectivity index (χ0v) is 16.0. The van der Waals surface area contributed by atoms with Gasteiger partial charge in [0.2, 0.25) is 0 Å². The van der Waals surface area contributed by atoms with E-state index in [2.05, 4.69) is 5.32 Å². The molecule has 0 aliphatic carbocycles. The summed E-state index contributed by atoms with van der Waals surface area (Å²) in [5.41, 5.74) is 0.801. The Morgan fingerprint density at radius 3 is 2.12 bits per heavy atom. The summed E-state index contributed by atoms with van der Waals surface area (Å²) in [5, 5.41) is 2.86. The Kier molecular flexibility index (Phi) is 6.26. The maximum Gasteiger partial charge on any atom is 0.261 e. The van der Waals surface area contributed by atoms with Crippen molar-refractivity contribution in [2.24, 2.45) is 0 Å². The van der Waals surface area contributed by atoms with Crippen LogP contribution in [0.25, 0.3) is 0 Å². The van der Waals surface area contributed by atoms with E-state index in [0.29, 0.717) is 11.5 Å². The van der Waals surface area contributed by atoms with Gasteiger partial charge in [0.15, 0.2) is 27.4 Å². The third-order valence-corrected chi connectivity index (χ3v) is 5.04. The summed E-state index contributed by atoms with van der Waals surface area (Å²) in [6.45, 7) is 3.48. The fourth-order valence-corrected chi connectivity index (χ4v) is 3.01. The number of carbonyl (C=O) groups is 1. The van der Waals surface area contributed by atoms with Gasteiger partial charge < -0.3 is 14.8 Å². The van der Waals surface area contributed by atoms with Gasteiger partial charge in [-0.05, 0) is 43.7 Å². The highest BCUT2D eigenvalue weighted by atomic mass is 32.2. The van der Waals surface area contributed by atoms with Crippen molar-refractivity contribution in [3.05, 3.63) is 54.1 Å². The molecule has 140 valence electrons. The van der Waals surface area contributed by atoms with Crippen molar-refractivity contribution >= 4 is 15.7 Å². The highest BCUT2D eigenvalue weighted by Gasteiger charge is 2.19. The largest absolute Gasteiger partial charge is 0.493 e. The normalized spacial score (nSPS) is 13.5. The molecule has 6 nitrogen and oxygen atoms in total. The van der Waals surface area contributed by atoms with E-state index in [4.69, 9.17) is 9.47 Å². The summed E-state index contributed by atoms with van der Waals surface area (Å²) in [4.78, 5) is 12.6. The van der Waals surface area contributed by atoms with Crippen LogP contribution < -0.4 is 14.8 Å². The number of sulfone groups is 1. The number of hydrogen-bond donors (Lipinski definition) is 1. The summed E-state index contributed by atoms with van der Waals surface area (Å²) in [5.74, 6) is 0.759. The molecule has 2 aromatic carbocycles. The first-order valence-electron chi connectivity index (χ1n) is 8.12. The molecule has 0 aliphatic rings. The quantitative estimate of drug-likeness (QED) is 0.802. The minimum absolute atomic E-state index is 0.243. The summed E-state index contributed by atoms with van der Waals surface area (Å²) in [7, 11) is -1.71. The molecule has 2 atom stereocenters. The number of nitrogens with one attached hydrogen (secondary N) is 1. The van der Waals surface area contributed by atoms with Crippen molar-refractivity contribution in [2.75, 3.05) is 13.4 Å². The molecule has 0 unspecified atom stereocenters. The monoisotopic (exact) mass is 377 g/mol. The second kappa shape index (κ2) is 8.23. The number of hydrogen-bond acceptors (Lipinski definition) is 5. The van der Waals surface area contributed by atoms with Crippen molar-refractivity contribution in [1.82, 2.24) is 5.32 Å². The van der Waals surface area contributed by atoms with Gasteiger partial charge in [-0.25, -0.2) is 8.42 Å². The highest BCUT2D eigenvalue weighted by Crippen LogP contribution is 2.27. The number of benzene rings is 2. The van der Waals surface area contributed by atoms with Gasteiger partial charge in [-0.3, -0.25) is 4.79 Å². The molecular formula is C19H23NO5S. The molecule has 0 bridgehead atoms. The number of para-hydroxylation sites is 2. The van der Waals surface area contributed by atoms with Crippen molar-refractivity contribution in [1.29, 1.82) is 0 Å². The van der Waals surface area contributed by atoms with Crippen LogP contribution in [-0.4, -0.2) is 33.8 Å². The van der Waals surface area contributed by atoms with Crippen LogP contribution in [0.5, 0.6) is 11.5 Å². The topological polar surface area (TPSA) is 81.7 Å². The lowest BCUT2D eigenvalue weighted by molar-refractivity contribution is -0.127. The Morgan fingerprint density at radius 2 is 1.58 bits per heavy atom. The molecule has 0 saturated carbocycles. The third-order valence-electron chi connectivity index (χ3n) is 3.91.